The van der Waals surface area contributed by atoms with Crippen LogP contribution in [0.25, 0.3) is 0 Å². The number of piperidine rings is 1. The lowest BCUT2D eigenvalue weighted by Crippen LogP contribution is -2.49. The van der Waals surface area contributed by atoms with Crippen molar-refractivity contribution in [1.82, 2.24) is 10.2 Å². The van der Waals surface area contributed by atoms with E-state index in [0.717, 1.165) is 12.8 Å². The number of rotatable bonds is 4. The van der Waals surface area contributed by atoms with Crippen molar-refractivity contribution in [3.8, 4) is 0 Å². The maximum Gasteiger partial charge on any atom is 0.314 e. The van der Waals surface area contributed by atoms with Gasteiger partial charge in [-0.25, -0.2) is 4.79 Å². The van der Waals surface area contributed by atoms with E-state index in [1.165, 1.54) is 0 Å². The number of hydrogen-bond acceptors (Lipinski definition) is 4. The van der Waals surface area contributed by atoms with Gasteiger partial charge in [0.2, 0.25) is 5.91 Å². The minimum atomic E-state index is -1.16. The number of hydrogen-bond donors (Lipinski definition) is 4. The SMILES string of the molecule is NC(=O)C(O)CNC1CCN(C(N)=O)CC1. The number of likely N-dealkylation sites (tertiary alicyclic amines) is 1. The fourth-order valence-electron chi connectivity index (χ4n) is 1.68. The Morgan fingerprint density at radius 1 is 1.38 bits per heavy atom. The van der Waals surface area contributed by atoms with Gasteiger partial charge in [0, 0.05) is 25.7 Å². The highest BCUT2D eigenvalue weighted by molar-refractivity contribution is 5.78. The molecule has 1 aliphatic rings. The van der Waals surface area contributed by atoms with Gasteiger partial charge in [-0.15, -0.1) is 0 Å². The van der Waals surface area contributed by atoms with E-state index in [1.54, 1.807) is 4.90 Å². The van der Waals surface area contributed by atoms with E-state index in [2.05, 4.69) is 5.32 Å². The summed E-state index contributed by atoms with van der Waals surface area (Å²) in [6.45, 7) is 1.34. The molecule has 16 heavy (non-hydrogen) atoms. The van der Waals surface area contributed by atoms with Crippen LogP contribution in [0.5, 0.6) is 0 Å². The first-order valence-electron chi connectivity index (χ1n) is 5.26. The van der Waals surface area contributed by atoms with Crippen LogP contribution in [0, 0.1) is 0 Å². The van der Waals surface area contributed by atoms with Crippen molar-refractivity contribution in [1.29, 1.82) is 0 Å². The second-order valence-corrected chi connectivity index (χ2v) is 3.93. The van der Waals surface area contributed by atoms with Gasteiger partial charge in [-0.1, -0.05) is 0 Å². The molecule has 1 saturated heterocycles. The number of aliphatic hydroxyl groups excluding tert-OH is 1. The minimum absolute atomic E-state index is 0.149. The van der Waals surface area contributed by atoms with Crippen LogP contribution in [-0.4, -0.2) is 53.7 Å². The largest absolute Gasteiger partial charge is 0.382 e. The van der Waals surface area contributed by atoms with Crippen molar-refractivity contribution < 1.29 is 14.7 Å². The summed E-state index contributed by atoms with van der Waals surface area (Å²) in [5.41, 5.74) is 10.1. The zero-order valence-corrected chi connectivity index (χ0v) is 9.06. The molecule has 0 saturated carbocycles. The van der Waals surface area contributed by atoms with Crippen LogP contribution >= 0.6 is 0 Å². The van der Waals surface area contributed by atoms with Gasteiger partial charge in [-0.2, -0.15) is 0 Å². The summed E-state index contributed by atoms with van der Waals surface area (Å²) in [6.07, 6.45) is 0.359. The minimum Gasteiger partial charge on any atom is -0.382 e. The lowest BCUT2D eigenvalue weighted by Gasteiger charge is -2.31. The Labute approximate surface area is 93.8 Å². The normalized spacial score (nSPS) is 19.4. The van der Waals surface area contributed by atoms with Gasteiger partial charge >= 0.3 is 6.03 Å². The number of nitrogens with one attached hydrogen (secondary N) is 1. The molecule has 1 unspecified atom stereocenters. The number of urea groups is 1. The number of primary amides is 2. The second-order valence-electron chi connectivity index (χ2n) is 3.93. The highest BCUT2D eigenvalue weighted by Crippen LogP contribution is 2.09. The molecule has 3 amide bonds. The molecule has 7 heteroatoms. The average Bonchev–Trinajstić information content (AvgIpc) is 2.26. The Morgan fingerprint density at radius 3 is 2.38 bits per heavy atom. The Hall–Kier alpha value is -1.34. The summed E-state index contributed by atoms with van der Waals surface area (Å²) in [6, 6.07) is -0.222. The maximum absolute atomic E-state index is 10.8. The molecule has 0 aromatic rings. The van der Waals surface area contributed by atoms with Gasteiger partial charge < -0.3 is 26.8 Å². The number of carbonyl (C=O) groups is 2. The van der Waals surface area contributed by atoms with Gasteiger partial charge in [0.15, 0.2) is 0 Å². The standard InChI is InChI=1S/C9H18N4O3/c10-8(15)7(14)5-12-6-1-3-13(4-2-6)9(11)16/h6-7,12,14H,1-5H2,(H2,10,15)(H2,11,16). The van der Waals surface area contributed by atoms with Crippen LogP contribution in [0.15, 0.2) is 0 Å². The van der Waals surface area contributed by atoms with Crippen molar-refractivity contribution in [3.63, 3.8) is 0 Å². The fourth-order valence-corrected chi connectivity index (χ4v) is 1.68. The highest BCUT2D eigenvalue weighted by Gasteiger charge is 2.22. The van der Waals surface area contributed by atoms with Crippen molar-refractivity contribution in [2.75, 3.05) is 19.6 Å². The Bertz CT molecular complexity index is 263. The molecule has 0 spiro atoms. The van der Waals surface area contributed by atoms with Crippen molar-refractivity contribution in [2.24, 2.45) is 11.5 Å². The van der Waals surface area contributed by atoms with E-state index in [-0.39, 0.29) is 12.6 Å². The van der Waals surface area contributed by atoms with E-state index < -0.39 is 18.0 Å². The van der Waals surface area contributed by atoms with Gasteiger partial charge in [-0.05, 0) is 12.8 Å². The molecule has 1 aliphatic heterocycles. The van der Waals surface area contributed by atoms with E-state index >= 15 is 0 Å². The third-order valence-electron chi connectivity index (χ3n) is 2.73. The smallest absolute Gasteiger partial charge is 0.314 e. The second kappa shape index (κ2) is 5.66. The third kappa shape index (κ3) is 3.67. The summed E-state index contributed by atoms with van der Waals surface area (Å²) in [7, 11) is 0. The van der Waals surface area contributed by atoms with Gasteiger partial charge in [-0.3, -0.25) is 4.79 Å². The first-order chi connectivity index (χ1) is 7.50. The summed E-state index contributed by atoms with van der Waals surface area (Å²) in [5.74, 6) is -0.734. The number of carbonyl (C=O) groups excluding carboxylic acids is 2. The number of amides is 3. The maximum atomic E-state index is 10.8. The van der Waals surface area contributed by atoms with Gasteiger partial charge in [0.25, 0.3) is 0 Å². The van der Waals surface area contributed by atoms with E-state index in [4.69, 9.17) is 11.5 Å². The van der Waals surface area contributed by atoms with E-state index in [9.17, 15) is 14.7 Å². The summed E-state index contributed by atoms with van der Waals surface area (Å²) >= 11 is 0. The molecule has 1 rings (SSSR count). The van der Waals surface area contributed by atoms with Crippen molar-refractivity contribution >= 4 is 11.9 Å². The monoisotopic (exact) mass is 230 g/mol. The Balaban J connectivity index is 2.22. The van der Waals surface area contributed by atoms with Crippen LogP contribution in [0.2, 0.25) is 0 Å². The number of nitrogens with two attached hydrogens (primary N) is 2. The molecule has 0 aliphatic carbocycles. The Kier molecular flexibility index (Phi) is 4.51. The highest BCUT2D eigenvalue weighted by atomic mass is 16.3. The molecule has 0 radical (unpaired) electrons. The van der Waals surface area contributed by atoms with Crippen molar-refractivity contribution in [3.05, 3.63) is 0 Å². The Morgan fingerprint density at radius 2 is 1.94 bits per heavy atom. The lowest BCUT2D eigenvalue weighted by atomic mass is 10.1. The van der Waals surface area contributed by atoms with Crippen LogP contribution in [0.1, 0.15) is 12.8 Å². The van der Waals surface area contributed by atoms with Crippen molar-refractivity contribution in [2.45, 2.75) is 25.0 Å². The van der Waals surface area contributed by atoms with Gasteiger partial charge in [0.05, 0.1) is 0 Å². The van der Waals surface area contributed by atoms with Crippen LogP contribution < -0.4 is 16.8 Å². The summed E-state index contributed by atoms with van der Waals surface area (Å²) in [5, 5.41) is 12.2. The molecule has 1 heterocycles. The van der Waals surface area contributed by atoms with Gasteiger partial charge in [0.1, 0.15) is 6.10 Å². The third-order valence-corrected chi connectivity index (χ3v) is 2.73. The first kappa shape index (κ1) is 12.7. The van der Waals surface area contributed by atoms with Crippen LogP contribution in [-0.2, 0) is 4.79 Å². The molecule has 0 aromatic carbocycles. The van der Waals surface area contributed by atoms with Crippen LogP contribution in [0.3, 0.4) is 0 Å². The quantitative estimate of drug-likeness (QED) is 0.444. The average molecular weight is 230 g/mol. The number of aliphatic hydroxyl groups is 1. The molecule has 7 nitrogen and oxygen atoms in total. The number of nitrogens with zero attached hydrogens (tertiary/aromatic N) is 1. The molecule has 6 N–H and O–H groups in total. The summed E-state index contributed by atoms with van der Waals surface area (Å²) in [4.78, 5) is 23.0. The molecule has 92 valence electrons. The molecular formula is C9H18N4O3. The lowest BCUT2D eigenvalue weighted by molar-refractivity contribution is -0.125. The molecule has 1 fully saturated rings. The molecular weight excluding hydrogens is 212 g/mol. The molecule has 0 aromatic heterocycles. The molecule has 0 bridgehead atoms. The predicted octanol–water partition coefficient (Wildman–Crippen LogP) is -2.03. The fraction of sp³-hybridized carbons (Fsp3) is 0.778. The molecule has 1 atom stereocenters. The first-order valence-corrected chi connectivity index (χ1v) is 5.26. The van der Waals surface area contributed by atoms with E-state index in [1.807, 2.05) is 0 Å². The zero-order valence-electron chi connectivity index (χ0n) is 9.06. The zero-order chi connectivity index (χ0) is 12.1. The summed E-state index contributed by atoms with van der Waals surface area (Å²) < 4.78 is 0. The van der Waals surface area contributed by atoms with Crippen LogP contribution in [0.4, 0.5) is 4.79 Å². The topological polar surface area (TPSA) is 122 Å². The predicted molar refractivity (Wildman–Crippen MR) is 57.4 cm³/mol. The van der Waals surface area contributed by atoms with E-state index in [0.29, 0.717) is 13.1 Å².